The Morgan fingerprint density at radius 1 is 1.28 bits per heavy atom. The van der Waals surface area contributed by atoms with E-state index in [0.29, 0.717) is 6.61 Å². The van der Waals surface area contributed by atoms with Crippen molar-refractivity contribution in [3.05, 3.63) is 23.7 Å². The molecule has 0 radical (unpaired) electrons. The number of hydrogen-bond acceptors (Lipinski definition) is 4. The zero-order valence-electron chi connectivity index (χ0n) is 15.5. The molecule has 0 aromatic carbocycles. The third kappa shape index (κ3) is 4.64. The van der Waals surface area contributed by atoms with E-state index in [1.165, 1.54) is 0 Å². The van der Waals surface area contributed by atoms with Gasteiger partial charge < -0.3 is 18.8 Å². The molecular weight excluding hydrogens is 318 g/mol. The van der Waals surface area contributed by atoms with Crippen molar-refractivity contribution in [2.75, 3.05) is 19.8 Å². The summed E-state index contributed by atoms with van der Waals surface area (Å²) in [6, 6.07) is 4.09. The van der Waals surface area contributed by atoms with Crippen LogP contribution in [0.5, 0.6) is 0 Å². The standard InChI is InChI=1S/C20H31NO4/c1-3-16-10-11-19(25-16)18-9-5-4-6-12-21(18)20(22)15(2)24-14-17-8-7-13-23-17/h10-11,15,17-18H,3-9,12-14H2,1-2H3. The largest absolute Gasteiger partial charge is 0.464 e. The van der Waals surface area contributed by atoms with Crippen LogP contribution in [-0.4, -0.2) is 42.8 Å². The monoisotopic (exact) mass is 349 g/mol. The van der Waals surface area contributed by atoms with Gasteiger partial charge in [0, 0.05) is 19.6 Å². The maximum Gasteiger partial charge on any atom is 0.252 e. The molecule has 2 aliphatic rings. The van der Waals surface area contributed by atoms with Crippen molar-refractivity contribution in [1.29, 1.82) is 0 Å². The molecule has 3 rings (SSSR count). The molecule has 1 aromatic heterocycles. The van der Waals surface area contributed by atoms with Gasteiger partial charge in [0.05, 0.1) is 18.8 Å². The van der Waals surface area contributed by atoms with Gasteiger partial charge in [-0.05, 0) is 44.7 Å². The SMILES string of the molecule is CCc1ccc(C2CCCCCN2C(=O)C(C)OCC2CCCO2)o1. The van der Waals surface area contributed by atoms with Crippen molar-refractivity contribution in [2.45, 2.75) is 77.0 Å². The number of rotatable bonds is 6. The average molecular weight is 349 g/mol. The Bertz CT molecular complexity index is 550. The summed E-state index contributed by atoms with van der Waals surface area (Å²) in [6.07, 6.45) is 6.99. The highest BCUT2D eigenvalue weighted by Crippen LogP contribution is 2.32. The molecule has 140 valence electrons. The molecular formula is C20H31NO4. The Balaban J connectivity index is 1.65. The molecule has 25 heavy (non-hydrogen) atoms. The number of ether oxygens (including phenoxy) is 2. The molecule has 3 heterocycles. The van der Waals surface area contributed by atoms with E-state index in [4.69, 9.17) is 13.9 Å². The molecule has 3 unspecified atom stereocenters. The van der Waals surface area contributed by atoms with Crippen LogP contribution in [0.15, 0.2) is 16.5 Å². The van der Waals surface area contributed by atoms with Crippen molar-refractivity contribution in [3.63, 3.8) is 0 Å². The van der Waals surface area contributed by atoms with Crippen LogP contribution >= 0.6 is 0 Å². The summed E-state index contributed by atoms with van der Waals surface area (Å²) in [4.78, 5) is 15.0. The quantitative estimate of drug-likeness (QED) is 0.782. The van der Waals surface area contributed by atoms with Gasteiger partial charge in [-0.2, -0.15) is 0 Å². The van der Waals surface area contributed by atoms with Gasteiger partial charge in [-0.1, -0.05) is 19.8 Å². The lowest BCUT2D eigenvalue weighted by Gasteiger charge is -2.31. The van der Waals surface area contributed by atoms with Crippen LogP contribution in [0, 0.1) is 0 Å². The molecule has 0 spiro atoms. The number of amides is 1. The lowest BCUT2D eigenvalue weighted by molar-refractivity contribution is -0.147. The van der Waals surface area contributed by atoms with E-state index < -0.39 is 6.10 Å². The Morgan fingerprint density at radius 2 is 2.16 bits per heavy atom. The summed E-state index contributed by atoms with van der Waals surface area (Å²) in [5, 5.41) is 0. The smallest absolute Gasteiger partial charge is 0.252 e. The van der Waals surface area contributed by atoms with Crippen LogP contribution < -0.4 is 0 Å². The summed E-state index contributed by atoms with van der Waals surface area (Å²) in [7, 11) is 0. The van der Waals surface area contributed by atoms with Crippen molar-refractivity contribution in [3.8, 4) is 0 Å². The molecule has 0 aliphatic carbocycles. The molecule has 0 bridgehead atoms. The average Bonchev–Trinajstić information content (AvgIpc) is 3.26. The zero-order chi connectivity index (χ0) is 17.6. The van der Waals surface area contributed by atoms with Crippen molar-refractivity contribution >= 4 is 5.91 Å². The Hall–Kier alpha value is -1.33. The van der Waals surface area contributed by atoms with Crippen LogP contribution in [0.4, 0.5) is 0 Å². The number of aryl methyl sites for hydroxylation is 1. The van der Waals surface area contributed by atoms with Crippen LogP contribution in [0.3, 0.4) is 0 Å². The molecule has 3 atom stereocenters. The van der Waals surface area contributed by atoms with E-state index in [0.717, 1.165) is 69.6 Å². The summed E-state index contributed by atoms with van der Waals surface area (Å²) in [5.74, 6) is 1.96. The van der Waals surface area contributed by atoms with E-state index in [-0.39, 0.29) is 18.1 Å². The number of carbonyl (C=O) groups is 1. The lowest BCUT2D eigenvalue weighted by Crippen LogP contribution is -2.42. The highest BCUT2D eigenvalue weighted by Gasteiger charge is 2.32. The maximum absolute atomic E-state index is 13.0. The Kier molecular flexibility index (Phi) is 6.54. The minimum atomic E-state index is -0.439. The van der Waals surface area contributed by atoms with Gasteiger partial charge in [-0.3, -0.25) is 4.79 Å². The third-order valence-electron chi connectivity index (χ3n) is 5.30. The second-order valence-electron chi connectivity index (χ2n) is 7.16. The molecule has 5 heteroatoms. The lowest BCUT2D eigenvalue weighted by atomic mass is 10.1. The molecule has 1 aromatic rings. The van der Waals surface area contributed by atoms with Gasteiger partial charge in [-0.25, -0.2) is 0 Å². The fraction of sp³-hybridized carbons (Fsp3) is 0.750. The van der Waals surface area contributed by atoms with Gasteiger partial charge in [0.1, 0.15) is 17.6 Å². The number of carbonyl (C=O) groups excluding carboxylic acids is 1. The normalized spacial score (nSPS) is 25.8. The molecule has 1 amide bonds. The predicted molar refractivity (Wildman–Crippen MR) is 95.4 cm³/mol. The number of hydrogen-bond donors (Lipinski definition) is 0. The van der Waals surface area contributed by atoms with Gasteiger partial charge in [-0.15, -0.1) is 0 Å². The van der Waals surface area contributed by atoms with Crippen molar-refractivity contribution in [2.24, 2.45) is 0 Å². The van der Waals surface area contributed by atoms with E-state index >= 15 is 0 Å². The maximum atomic E-state index is 13.0. The highest BCUT2D eigenvalue weighted by molar-refractivity contribution is 5.81. The first-order valence-electron chi connectivity index (χ1n) is 9.81. The third-order valence-corrected chi connectivity index (χ3v) is 5.30. The van der Waals surface area contributed by atoms with Gasteiger partial charge >= 0.3 is 0 Å². The van der Waals surface area contributed by atoms with Crippen molar-refractivity contribution in [1.82, 2.24) is 4.90 Å². The Morgan fingerprint density at radius 3 is 2.88 bits per heavy atom. The van der Waals surface area contributed by atoms with Gasteiger partial charge in [0.15, 0.2) is 0 Å². The van der Waals surface area contributed by atoms with Crippen LogP contribution in [0.25, 0.3) is 0 Å². The zero-order valence-corrected chi connectivity index (χ0v) is 15.5. The van der Waals surface area contributed by atoms with E-state index in [2.05, 4.69) is 6.92 Å². The van der Waals surface area contributed by atoms with E-state index in [9.17, 15) is 4.79 Å². The second-order valence-corrected chi connectivity index (χ2v) is 7.16. The minimum Gasteiger partial charge on any atom is -0.464 e. The van der Waals surface area contributed by atoms with E-state index in [1.54, 1.807) is 0 Å². The molecule has 5 nitrogen and oxygen atoms in total. The fourth-order valence-corrected chi connectivity index (χ4v) is 3.76. The molecule has 0 saturated carbocycles. The molecule has 2 saturated heterocycles. The molecule has 0 N–H and O–H groups in total. The number of nitrogens with zero attached hydrogens (tertiary/aromatic N) is 1. The molecule has 2 aliphatic heterocycles. The second kappa shape index (κ2) is 8.86. The van der Waals surface area contributed by atoms with E-state index in [1.807, 2.05) is 24.0 Å². The van der Waals surface area contributed by atoms with Crippen molar-refractivity contribution < 1.29 is 18.7 Å². The highest BCUT2D eigenvalue weighted by atomic mass is 16.5. The molecule has 2 fully saturated rings. The summed E-state index contributed by atoms with van der Waals surface area (Å²) >= 11 is 0. The van der Waals surface area contributed by atoms with Gasteiger partial charge in [0.2, 0.25) is 0 Å². The number of likely N-dealkylation sites (tertiary alicyclic amines) is 1. The first-order valence-corrected chi connectivity index (χ1v) is 9.81. The minimum absolute atomic E-state index is 0.0316. The predicted octanol–water partition coefficient (Wildman–Crippen LogP) is 3.87. The van der Waals surface area contributed by atoms with Crippen LogP contribution in [0.1, 0.15) is 69.9 Å². The topological polar surface area (TPSA) is 51.9 Å². The number of furan rings is 1. The summed E-state index contributed by atoms with van der Waals surface area (Å²) in [5.41, 5.74) is 0. The fourth-order valence-electron chi connectivity index (χ4n) is 3.76. The summed E-state index contributed by atoms with van der Waals surface area (Å²) in [6.45, 7) is 6.03. The van der Waals surface area contributed by atoms with Crippen LogP contribution in [0.2, 0.25) is 0 Å². The first-order chi connectivity index (χ1) is 12.2. The summed E-state index contributed by atoms with van der Waals surface area (Å²) < 4.78 is 17.4. The first kappa shape index (κ1) is 18.5. The van der Waals surface area contributed by atoms with Crippen LogP contribution in [-0.2, 0) is 20.7 Å². The van der Waals surface area contributed by atoms with Gasteiger partial charge in [0.25, 0.3) is 5.91 Å². The Labute approximate surface area is 150 Å².